The molecule has 0 radical (unpaired) electrons. The molecule has 0 aromatic heterocycles. The highest BCUT2D eigenvalue weighted by Gasteiger charge is 2.61. The monoisotopic (exact) mass is 484 g/mol. The minimum atomic E-state index is -0.172. The van der Waals surface area contributed by atoms with Crippen LogP contribution in [0.3, 0.4) is 0 Å². The fourth-order valence-electron chi connectivity index (χ4n) is 7.90. The molecule has 2 bridgehead atoms. The summed E-state index contributed by atoms with van der Waals surface area (Å²) in [5.41, 5.74) is 0. The number of piperidine rings is 1. The third-order valence-corrected chi connectivity index (χ3v) is 11.0. The van der Waals surface area contributed by atoms with E-state index >= 15 is 0 Å². The number of imide groups is 1. The largest absolute Gasteiger partial charge is 0.303 e. The molecule has 2 heterocycles. The number of fused-ring (bicyclic) bond motifs is 5. The summed E-state index contributed by atoms with van der Waals surface area (Å²) in [5.74, 6) is 2.22. The number of thioether (sulfide) groups is 1. The van der Waals surface area contributed by atoms with Gasteiger partial charge >= 0.3 is 0 Å². The molecular formula is C28H37FN2O2S. The van der Waals surface area contributed by atoms with Crippen molar-refractivity contribution in [2.45, 2.75) is 67.9 Å². The lowest BCUT2D eigenvalue weighted by molar-refractivity contribution is -0.142. The van der Waals surface area contributed by atoms with E-state index in [0.29, 0.717) is 35.5 Å². The summed E-state index contributed by atoms with van der Waals surface area (Å²) in [6.07, 6.45) is 10.6. The standard InChI is InChI=1S/C28H37FN2O2S/c29-22-7-9-23(10-8-22)34-24-11-13-30(14-12-24)16-20-3-1-2-4-21(20)17-31-27(32)25-18-5-6-19(15-18)26(25)28(31)33/h7-10,18-21,24-26H,1-6,11-17H2. The van der Waals surface area contributed by atoms with Crippen LogP contribution in [0.4, 0.5) is 4.39 Å². The van der Waals surface area contributed by atoms with E-state index in [2.05, 4.69) is 4.90 Å². The molecule has 3 aliphatic carbocycles. The van der Waals surface area contributed by atoms with Crippen molar-refractivity contribution in [3.63, 3.8) is 0 Å². The van der Waals surface area contributed by atoms with Gasteiger partial charge in [0.25, 0.3) is 0 Å². The zero-order valence-corrected chi connectivity index (χ0v) is 20.9. The molecule has 6 rings (SSSR count). The molecule has 5 aliphatic rings. The molecule has 2 amide bonds. The van der Waals surface area contributed by atoms with Crippen LogP contribution in [0.15, 0.2) is 29.2 Å². The predicted octanol–water partition coefficient (Wildman–Crippen LogP) is 5.22. The van der Waals surface area contributed by atoms with E-state index in [4.69, 9.17) is 0 Å². The molecule has 4 nitrogen and oxygen atoms in total. The second-order valence-corrected chi connectivity index (χ2v) is 12.9. The van der Waals surface area contributed by atoms with Crippen molar-refractivity contribution in [3.8, 4) is 0 Å². The summed E-state index contributed by atoms with van der Waals surface area (Å²) in [4.78, 5) is 32.0. The molecule has 3 saturated carbocycles. The first-order valence-electron chi connectivity index (χ1n) is 13.6. The van der Waals surface area contributed by atoms with E-state index in [1.54, 1.807) is 17.0 Å². The fourth-order valence-corrected chi connectivity index (χ4v) is 9.02. The van der Waals surface area contributed by atoms with E-state index < -0.39 is 0 Å². The van der Waals surface area contributed by atoms with Crippen LogP contribution in [-0.4, -0.2) is 53.0 Å². The van der Waals surface area contributed by atoms with Crippen LogP contribution in [0.5, 0.6) is 0 Å². The molecule has 6 unspecified atom stereocenters. The Balaban J connectivity index is 1.03. The fraction of sp³-hybridized carbons (Fsp3) is 0.714. The Morgan fingerprint density at radius 3 is 2.00 bits per heavy atom. The Morgan fingerprint density at radius 2 is 1.38 bits per heavy atom. The number of amides is 2. The molecule has 2 aliphatic heterocycles. The van der Waals surface area contributed by atoms with Gasteiger partial charge in [0.2, 0.25) is 11.8 Å². The van der Waals surface area contributed by atoms with Crippen LogP contribution >= 0.6 is 11.8 Å². The van der Waals surface area contributed by atoms with Crippen molar-refractivity contribution in [2.75, 3.05) is 26.2 Å². The van der Waals surface area contributed by atoms with Crippen molar-refractivity contribution in [2.24, 2.45) is 35.5 Å². The van der Waals surface area contributed by atoms with Crippen molar-refractivity contribution < 1.29 is 14.0 Å². The van der Waals surface area contributed by atoms with Crippen molar-refractivity contribution in [1.82, 2.24) is 9.80 Å². The van der Waals surface area contributed by atoms with Gasteiger partial charge in [-0.3, -0.25) is 14.5 Å². The zero-order valence-electron chi connectivity index (χ0n) is 20.0. The number of rotatable bonds is 6. The molecule has 0 spiro atoms. The molecule has 1 aromatic carbocycles. The predicted molar refractivity (Wildman–Crippen MR) is 132 cm³/mol. The average molecular weight is 485 g/mol. The quantitative estimate of drug-likeness (QED) is 0.519. The van der Waals surface area contributed by atoms with Gasteiger partial charge in [-0.25, -0.2) is 4.39 Å². The van der Waals surface area contributed by atoms with E-state index in [0.717, 1.165) is 63.1 Å². The molecular weight excluding hydrogens is 447 g/mol. The Kier molecular flexibility index (Phi) is 6.48. The molecule has 184 valence electrons. The molecule has 34 heavy (non-hydrogen) atoms. The normalized spacial score (nSPS) is 36.4. The summed E-state index contributed by atoms with van der Waals surface area (Å²) < 4.78 is 13.2. The van der Waals surface area contributed by atoms with Crippen LogP contribution in [0, 0.1) is 41.3 Å². The van der Waals surface area contributed by atoms with Crippen LogP contribution in [-0.2, 0) is 9.59 Å². The van der Waals surface area contributed by atoms with Crippen LogP contribution in [0.25, 0.3) is 0 Å². The van der Waals surface area contributed by atoms with Gasteiger partial charge < -0.3 is 4.90 Å². The summed E-state index contributed by atoms with van der Waals surface area (Å²) in [6.45, 7) is 3.99. The number of likely N-dealkylation sites (tertiary alicyclic amines) is 2. The number of hydrogen-bond acceptors (Lipinski definition) is 4. The van der Waals surface area contributed by atoms with Gasteiger partial charge in [-0.15, -0.1) is 11.8 Å². The average Bonchev–Trinajstić information content (AvgIpc) is 3.53. The Labute approximate surface area is 207 Å². The highest BCUT2D eigenvalue weighted by atomic mass is 32.2. The summed E-state index contributed by atoms with van der Waals surface area (Å²) >= 11 is 1.88. The number of nitrogens with zero attached hydrogens (tertiary/aromatic N) is 2. The van der Waals surface area contributed by atoms with Crippen molar-refractivity contribution >= 4 is 23.6 Å². The topological polar surface area (TPSA) is 40.6 Å². The lowest BCUT2D eigenvalue weighted by Gasteiger charge is -2.39. The number of hydrogen-bond donors (Lipinski definition) is 0. The van der Waals surface area contributed by atoms with Gasteiger partial charge in [0.05, 0.1) is 11.8 Å². The van der Waals surface area contributed by atoms with E-state index in [1.165, 1.54) is 19.3 Å². The van der Waals surface area contributed by atoms with Crippen LogP contribution < -0.4 is 0 Å². The van der Waals surface area contributed by atoms with Gasteiger partial charge in [-0.2, -0.15) is 0 Å². The molecule has 6 heteroatoms. The Morgan fingerprint density at radius 1 is 0.794 bits per heavy atom. The van der Waals surface area contributed by atoms with Crippen molar-refractivity contribution in [1.29, 1.82) is 0 Å². The summed E-state index contributed by atoms with van der Waals surface area (Å²) in [5, 5.41) is 0.596. The highest BCUT2D eigenvalue weighted by Crippen LogP contribution is 2.56. The van der Waals surface area contributed by atoms with Gasteiger partial charge in [0.1, 0.15) is 5.82 Å². The lowest BCUT2D eigenvalue weighted by Crippen LogP contribution is -2.44. The minimum Gasteiger partial charge on any atom is -0.303 e. The smallest absolute Gasteiger partial charge is 0.233 e. The third-order valence-electron chi connectivity index (χ3n) is 9.65. The van der Waals surface area contributed by atoms with Gasteiger partial charge in [0.15, 0.2) is 0 Å². The zero-order chi connectivity index (χ0) is 23.2. The maximum atomic E-state index is 13.2. The van der Waals surface area contributed by atoms with E-state index in [1.807, 2.05) is 23.9 Å². The van der Waals surface area contributed by atoms with Crippen LogP contribution in [0.2, 0.25) is 0 Å². The van der Waals surface area contributed by atoms with Gasteiger partial charge in [-0.1, -0.05) is 12.8 Å². The Bertz CT molecular complexity index is 887. The second-order valence-electron chi connectivity index (χ2n) is 11.5. The number of halogens is 1. The van der Waals surface area contributed by atoms with Gasteiger partial charge in [-0.05, 0) is 106 Å². The second kappa shape index (κ2) is 9.57. The summed E-state index contributed by atoms with van der Waals surface area (Å²) in [6, 6.07) is 6.88. The molecule has 5 fully saturated rings. The number of carbonyl (C=O) groups excluding carboxylic acids is 2. The van der Waals surface area contributed by atoms with Crippen molar-refractivity contribution in [3.05, 3.63) is 30.1 Å². The molecule has 6 atom stereocenters. The van der Waals surface area contributed by atoms with E-state index in [9.17, 15) is 14.0 Å². The third kappa shape index (κ3) is 4.34. The number of carbonyl (C=O) groups is 2. The first-order valence-corrected chi connectivity index (χ1v) is 14.4. The van der Waals surface area contributed by atoms with Crippen LogP contribution in [0.1, 0.15) is 57.8 Å². The highest BCUT2D eigenvalue weighted by molar-refractivity contribution is 8.00. The van der Waals surface area contributed by atoms with E-state index in [-0.39, 0.29) is 29.5 Å². The maximum Gasteiger partial charge on any atom is 0.233 e. The Hall–Kier alpha value is -1.40. The SMILES string of the molecule is O=C1C2C3CCC(C3)C2C(=O)N1CC1CCCCC1CN1CCC(Sc2ccc(F)cc2)CC1. The van der Waals surface area contributed by atoms with Gasteiger partial charge in [0, 0.05) is 23.2 Å². The minimum absolute atomic E-state index is 0.0194. The maximum absolute atomic E-state index is 13.2. The first-order chi connectivity index (χ1) is 16.6. The molecule has 1 aromatic rings. The molecule has 0 N–H and O–H groups in total. The lowest BCUT2D eigenvalue weighted by atomic mass is 9.78. The summed E-state index contributed by atoms with van der Waals surface area (Å²) in [7, 11) is 0. The first kappa shape index (κ1) is 23.0. The molecule has 2 saturated heterocycles. The number of benzene rings is 1.